The molecule has 1 saturated heterocycles. The Morgan fingerprint density at radius 2 is 2.14 bits per heavy atom. The van der Waals surface area contributed by atoms with E-state index < -0.39 is 6.35 Å². The van der Waals surface area contributed by atoms with Gasteiger partial charge in [0, 0.05) is 25.8 Å². The number of aliphatic hydroxyl groups is 1. The van der Waals surface area contributed by atoms with Gasteiger partial charge in [0.1, 0.15) is 11.5 Å². The number of pyridine rings is 2. The van der Waals surface area contributed by atoms with Crippen LogP contribution in [0.25, 0.3) is 0 Å². The summed E-state index contributed by atoms with van der Waals surface area (Å²) in [5.41, 5.74) is 1.30. The molecule has 0 aromatic carbocycles. The smallest absolute Gasteiger partial charge is 0.269 e. The average molecular weight is 415 g/mol. The first-order valence-electron chi connectivity index (χ1n) is 9.97. The predicted octanol–water partition coefficient (Wildman–Crippen LogP) is 2.06. The van der Waals surface area contributed by atoms with E-state index in [4.69, 9.17) is 11.6 Å². The number of anilines is 3. The lowest BCUT2D eigenvalue weighted by molar-refractivity contribution is 0.0946. The van der Waals surface area contributed by atoms with E-state index in [9.17, 15) is 9.90 Å². The van der Waals surface area contributed by atoms with Gasteiger partial charge in [0.2, 0.25) is 6.35 Å². The van der Waals surface area contributed by atoms with Crippen molar-refractivity contribution in [3.63, 3.8) is 0 Å². The molecule has 3 N–H and O–H groups in total. The molecular formula is C20H23ClN6O2. The van der Waals surface area contributed by atoms with E-state index in [2.05, 4.69) is 25.5 Å². The highest BCUT2D eigenvalue weighted by atomic mass is 35.5. The van der Waals surface area contributed by atoms with Crippen molar-refractivity contribution in [1.82, 2.24) is 15.3 Å². The van der Waals surface area contributed by atoms with Crippen LogP contribution in [0.5, 0.6) is 0 Å². The lowest BCUT2D eigenvalue weighted by Crippen LogP contribution is -2.52. The number of rotatable bonds is 6. The number of aliphatic hydroxyl groups excluding tert-OH is 1. The van der Waals surface area contributed by atoms with Crippen LogP contribution in [0.3, 0.4) is 0 Å². The highest BCUT2D eigenvalue weighted by Gasteiger charge is 2.40. The lowest BCUT2D eigenvalue weighted by Gasteiger charge is -2.40. The molecule has 8 nitrogen and oxygen atoms in total. The summed E-state index contributed by atoms with van der Waals surface area (Å²) in [6.45, 7) is 2.41. The number of fused-ring (bicyclic) bond motifs is 4. The Hall–Kier alpha value is -2.58. The summed E-state index contributed by atoms with van der Waals surface area (Å²) >= 11 is 5.89. The zero-order valence-corrected chi connectivity index (χ0v) is 16.6. The topological polar surface area (TPSA) is 93.6 Å². The van der Waals surface area contributed by atoms with Crippen molar-refractivity contribution >= 4 is 34.8 Å². The molecule has 0 radical (unpaired) electrons. The molecule has 2 atom stereocenters. The quantitative estimate of drug-likeness (QED) is 0.623. The molecule has 1 amide bonds. The maximum Gasteiger partial charge on any atom is 0.269 e. The van der Waals surface area contributed by atoms with Gasteiger partial charge in [-0.1, -0.05) is 11.6 Å². The van der Waals surface area contributed by atoms with E-state index in [0.29, 0.717) is 34.8 Å². The highest BCUT2D eigenvalue weighted by molar-refractivity contribution is 6.30. The van der Waals surface area contributed by atoms with Crippen LogP contribution >= 0.6 is 11.6 Å². The van der Waals surface area contributed by atoms with E-state index in [1.165, 1.54) is 19.0 Å². The fourth-order valence-corrected chi connectivity index (χ4v) is 4.10. The molecule has 0 spiro atoms. The third kappa shape index (κ3) is 3.70. The van der Waals surface area contributed by atoms with Crippen LogP contribution in [-0.4, -0.2) is 53.0 Å². The first-order valence-corrected chi connectivity index (χ1v) is 10.3. The van der Waals surface area contributed by atoms with E-state index in [-0.39, 0.29) is 11.9 Å². The van der Waals surface area contributed by atoms with Crippen molar-refractivity contribution in [2.45, 2.75) is 31.7 Å². The maximum absolute atomic E-state index is 12.5. The summed E-state index contributed by atoms with van der Waals surface area (Å²) in [6.07, 6.45) is 3.77. The van der Waals surface area contributed by atoms with Gasteiger partial charge in [-0.3, -0.25) is 4.79 Å². The molecule has 3 aliphatic rings. The molecule has 2 aliphatic heterocycles. The van der Waals surface area contributed by atoms with Crippen molar-refractivity contribution in [3.05, 3.63) is 41.2 Å². The fourth-order valence-electron chi connectivity index (χ4n) is 3.99. The predicted molar refractivity (Wildman–Crippen MR) is 111 cm³/mol. The van der Waals surface area contributed by atoms with Gasteiger partial charge in [-0.25, -0.2) is 9.97 Å². The summed E-state index contributed by atoms with van der Waals surface area (Å²) in [5.74, 6) is 1.57. The normalized spacial score (nSPS) is 21.0. The number of amides is 1. The second-order valence-electron chi connectivity index (χ2n) is 7.87. The summed E-state index contributed by atoms with van der Waals surface area (Å²) in [4.78, 5) is 25.5. The molecule has 9 heteroatoms. The molecule has 5 rings (SSSR count). The van der Waals surface area contributed by atoms with Crippen LogP contribution in [0.1, 0.15) is 29.8 Å². The van der Waals surface area contributed by atoms with E-state index >= 15 is 0 Å². The maximum atomic E-state index is 12.5. The monoisotopic (exact) mass is 414 g/mol. The lowest BCUT2D eigenvalue weighted by atomic mass is 10.1. The second-order valence-corrected chi connectivity index (χ2v) is 8.30. The number of hydrogen-bond acceptors (Lipinski definition) is 7. The van der Waals surface area contributed by atoms with Gasteiger partial charge >= 0.3 is 0 Å². The SMILES string of the molecule is O=C(NCC1CC1)c1ccc2c(n1)N(C(O)Nc1ccc(Cl)cn1)[C@H]1CCN2C1. The average Bonchev–Trinajstić information content (AvgIpc) is 3.47. The van der Waals surface area contributed by atoms with Gasteiger partial charge in [0.05, 0.1) is 16.8 Å². The van der Waals surface area contributed by atoms with Crippen molar-refractivity contribution in [3.8, 4) is 0 Å². The second kappa shape index (κ2) is 7.35. The zero-order chi connectivity index (χ0) is 20.0. The number of nitrogens with one attached hydrogen (secondary N) is 2. The fraction of sp³-hybridized carbons (Fsp3) is 0.450. The first-order chi connectivity index (χ1) is 14.1. The van der Waals surface area contributed by atoms with E-state index in [1.54, 1.807) is 18.2 Å². The van der Waals surface area contributed by atoms with Gasteiger partial charge in [-0.15, -0.1) is 0 Å². The molecule has 2 aromatic heterocycles. The number of hydrogen-bond donors (Lipinski definition) is 3. The van der Waals surface area contributed by atoms with Crippen LogP contribution in [0.2, 0.25) is 5.02 Å². The largest absolute Gasteiger partial charge is 0.366 e. The molecule has 2 bridgehead atoms. The van der Waals surface area contributed by atoms with Crippen molar-refractivity contribution in [2.24, 2.45) is 5.92 Å². The molecule has 1 saturated carbocycles. The Kier molecular flexibility index (Phi) is 4.67. The van der Waals surface area contributed by atoms with Crippen LogP contribution in [0.4, 0.5) is 17.3 Å². The van der Waals surface area contributed by atoms with E-state index in [1.807, 2.05) is 11.0 Å². The number of nitrogens with zero attached hydrogens (tertiary/aromatic N) is 4. The Labute approximate surface area is 173 Å². The number of aromatic nitrogens is 2. The summed E-state index contributed by atoms with van der Waals surface area (Å²) in [5, 5.41) is 17.5. The number of carbonyl (C=O) groups excluding carboxylic acids is 1. The molecule has 4 heterocycles. The number of carbonyl (C=O) groups is 1. The van der Waals surface area contributed by atoms with Gasteiger partial charge in [0.15, 0.2) is 5.82 Å². The molecule has 1 aliphatic carbocycles. The van der Waals surface area contributed by atoms with Crippen molar-refractivity contribution in [1.29, 1.82) is 0 Å². The third-order valence-corrected chi connectivity index (χ3v) is 5.97. The highest BCUT2D eigenvalue weighted by Crippen LogP contribution is 2.39. The van der Waals surface area contributed by atoms with E-state index in [0.717, 1.165) is 25.2 Å². The summed E-state index contributed by atoms with van der Waals surface area (Å²) < 4.78 is 0. The Morgan fingerprint density at radius 3 is 2.90 bits per heavy atom. The van der Waals surface area contributed by atoms with Gasteiger partial charge in [-0.05, 0) is 49.4 Å². The van der Waals surface area contributed by atoms with Crippen LogP contribution in [0.15, 0.2) is 30.5 Å². The van der Waals surface area contributed by atoms with Crippen molar-refractivity contribution in [2.75, 3.05) is 34.8 Å². The Balaban J connectivity index is 1.41. The first kappa shape index (κ1) is 18.4. The van der Waals surface area contributed by atoms with Gasteiger partial charge in [-0.2, -0.15) is 0 Å². The standard InChI is InChI=1S/C20H23ClN6O2/c21-13-3-6-17(22-10-13)25-20(29)27-14-7-8-26(11-14)16-5-4-15(24-18(16)27)19(28)23-9-12-1-2-12/h3-6,10,12,14,20,29H,1-2,7-9,11H2,(H,22,25)(H,23,28)/t14-,20?/m0/s1. The zero-order valence-electron chi connectivity index (χ0n) is 15.9. The molecule has 2 fully saturated rings. The minimum absolute atomic E-state index is 0.106. The summed E-state index contributed by atoms with van der Waals surface area (Å²) in [6, 6.07) is 7.22. The van der Waals surface area contributed by atoms with Crippen molar-refractivity contribution < 1.29 is 9.90 Å². The minimum Gasteiger partial charge on any atom is -0.366 e. The molecule has 1 unspecified atom stereocenters. The minimum atomic E-state index is -1.02. The molecule has 29 heavy (non-hydrogen) atoms. The number of halogens is 1. The van der Waals surface area contributed by atoms with Crippen LogP contribution < -0.4 is 20.4 Å². The third-order valence-electron chi connectivity index (χ3n) is 5.75. The molecular weight excluding hydrogens is 392 g/mol. The van der Waals surface area contributed by atoms with Gasteiger partial charge in [0.25, 0.3) is 5.91 Å². The molecule has 2 aromatic rings. The van der Waals surface area contributed by atoms with Crippen LogP contribution in [-0.2, 0) is 0 Å². The van der Waals surface area contributed by atoms with Crippen LogP contribution in [0, 0.1) is 5.92 Å². The summed E-state index contributed by atoms with van der Waals surface area (Å²) in [7, 11) is 0. The Bertz CT molecular complexity index is 920. The van der Waals surface area contributed by atoms with Gasteiger partial charge < -0.3 is 25.5 Å². The molecule has 152 valence electrons. The Morgan fingerprint density at radius 1 is 1.28 bits per heavy atom.